The van der Waals surface area contributed by atoms with Gasteiger partial charge in [-0.25, -0.2) is 4.98 Å². The highest BCUT2D eigenvalue weighted by Gasteiger charge is 2.58. The molecule has 0 radical (unpaired) electrons. The number of halogens is 1. The molecule has 26 heavy (non-hydrogen) atoms. The Hall–Kier alpha value is -1.79. The van der Waals surface area contributed by atoms with Crippen LogP contribution < -0.4 is 5.32 Å². The molecule has 2 aliphatic rings. The molecule has 0 unspecified atom stereocenters. The molecule has 1 aliphatic carbocycles. The molecular weight excluding hydrogens is 350 g/mol. The van der Waals surface area contributed by atoms with Gasteiger partial charge in [0.25, 0.3) is 5.91 Å². The summed E-state index contributed by atoms with van der Waals surface area (Å²) in [4.78, 5) is 19.9. The molecule has 1 aliphatic heterocycles. The molecule has 7 heteroatoms. The highest BCUT2D eigenvalue weighted by molar-refractivity contribution is 6.31. The standard InChI is InChI=1S/C19H26ClN5O/c1-3-24-9-8-22-17(24)13-25(16-11-19(16)4-6-21-7-5-19)18(26)15-10-14(20)12-23(15)2/h8-10,12,16,21H,3-7,11,13H2,1-2H3/t16-/m1/s1. The summed E-state index contributed by atoms with van der Waals surface area (Å²) in [5.74, 6) is 0.989. The molecule has 4 rings (SSSR count). The lowest BCUT2D eigenvalue weighted by Crippen LogP contribution is -2.40. The van der Waals surface area contributed by atoms with E-state index in [4.69, 9.17) is 11.6 Å². The van der Waals surface area contributed by atoms with Crippen molar-refractivity contribution >= 4 is 17.5 Å². The van der Waals surface area contributed by atoms with Gasteiger partial charge in [-0.3, -0.25) is 4.79 Å². The number of piperidine rings is 1. The van der Waals surface area contributed by atoms with E-state index in [1.807, 2.05) is 28.9 Å². The minimum Gasteiger partial charge on any atom is -0.345 e. The van der Waals surface area contributed by atoms with Crippen LogP contribution in [0.5, 0.6) is 0 Å². The summed E-state index contributed by atoms with van der Waals surface area (Å²) in [5.41, 5.74) is 0.917. The number of imidazole rings is 1. The monoisotopic (exact) mass is 375 g/mol. The molecule has 6 nitrogen and oxygen atoms in total. The van der Waals surface area contributed by atoms with Crippen LogP contribution in [0.1, 0.15) is 42.5 Å². The molecule has 1 spiro atoms. The lowest BCUT2D eigenvalue weighted by Gasteiger charge is -2.29. The van der Waals surface area contributed by atoms with Crippen LogP contribution in [0.4, 0.5) is 0 Å². The first-order valence-electron chi connectivity index (χ1n) is 9.37. The zero-order valence-electron chi connectivity index (χ0n) is 15.4. The lowest BCUT2D eigenvalue weighted by molar-refractivity contribution is 0.0675. The minimum absolute atomic E-state index is 0.0467. The molecule has 140 valence electrons. The van der Waals surface area contributed by atoms with Gasteiger partial charge in [-0.2, -0.15) is 0 Å². The summed E-state index contributed by atoms with van der Waals surface area (Å²) in [7, 11) is 1.87. The SMILES string of the molecule is CCn1ccnc1CN(C(=O)c1cc(Cl)cn1C)[C@@H]1CC12CCNCC2. The van der Waals surface area contributed by atoms with Crippen LogP contribution in [0.3, 0.4) is 0 Å². The molecule has 0 bridgehead atoms. The quantitative estimate of drug-likeness (QED) is 0.874. The number of nitrogens with one attached hydrogen (secondary N) is 1. The van der Waals surface area contributed by atoms with E-state index in [-0.39, 0.29) is 17.4 Å². The van der Waals surface area contributed by atoms with Gasteiger partial charge in [0.2, 0.25) is 0 Å². The maximum absolute atomic E-state index is 13.4. The topological polar surface area (TPSA) is 55.1 Å². The number of hydrogen-bond donors (Lipinski definition) is 1. The average molecular weight is 376 g/mol. The summed E-state index contributed by atoms with van der Waals surface area (Å²) in [6.45, 7) is 5.57. The van der Waals surface area contributed by atoms with Crippen molar-refractivity contribution in [3.63, 3.8) is 0 Å². The largest absolute Gasteiger partial charge is 0.345 e. The predicted octanol–water partition coefficient (Wildman–Crippen LogP) is 2.68. The number of nitrogens with zero attached hydrogens (tertiary/aromatic N) is 4. The smallest absolute Gasteiger partial charge is 0.271 e. The van der Waals surface area contributed by atoms with E-state index in [1.165, 1.54) is 0 Å². The molecule has 1 atom stereocenters. The van der Waals surface area contributed by atoms with Crippen molar-refractivity contribution in [3.8, 4) is 0 Å². The van der Waals surface area contributed by atoms with Gasteiger partial charge in [0.05, 0.1) is 11.6 Å². The molecule has 3 heterocycles. The fraction of sp³-hybridized carbons (Fsp3) is 0.579. The molecule has 2 fully saturated rings. The highest BCUT2D eigenvalue weighted by Crippen LogP contribution is 2.56. The number of carbonyl (C=O) groups excluding carboxylic acids is 1. The molecule has 1 N–H and O–H groups in total. The number of rotatable bonds is 5. The predicted molar refractivity (Wildman–Crippen MR) is 101 cm³/mol. The van der Waals surface area contributed by atoms with Crippen LogP contribution >= 0.6 is 11.6 Å². The second-order valence-electron chi connectivity index (χ2n) is 7.55. The van der Waals surface area contributed by atoms with Gasteiger partial charge < -0.3 is 19.4 Å². The van der Waals surface area contributed by atoms with Crippen molar-refractivity contribution in [2.24, 2.45) is 12.5 Å². The van der Waals surface area contributed by atoms with Crippen LogP contribution in [0.2, 0.25) is 5.02 Å². The van der Waals surface area contributed by atoms with Crippen molar-refractivity contribution in [1.29, 1.82) is 0 Å². The molecule has 2 aromatic heterocycles. The van der Waals surface area contributed by atoms with Gasteiger partial charge in [0.15, 0.2) is 0 Å². The van der Waals surface area contributed by atoms with Crippen LogP contribution in [0.25, 0.3) is 0 Å². The molecule has 2 aromatic rings. The second-order valence-corrected chi connectivity index (χ2v) is 7.99. The van der Waals surface area contributed by atoms with Crippen LogP contribution in [-0.4, -0.2) is 44.1 Å². The zero-order valence-corrected chi connectivity index (χ0v) is 16.2. The lowest BCUT2D eigenvalue weighted by atomic mass is 9.93. The highest BCUT2D eigenvalue weighted by atomic mass is 35.5. The maximum Gasteiger partial charge on any atom is 0.271 e. The Morgan fingerprint density at radius 3 is 2.88 bits per heavy atom. The summed E-state index contributed by atoms with van der Waals surface area (Å²) in [6, 6.07) is 2.05. The van der Waals surface area contributed by atoms with E-state index < -0.39 is 0 Å². The van der Waals surface area contributed by atoms with E-state index in [0.29, 0.717) is 17.3 Å². The first-order chi connectivity index (χ1) is 12.5. The molecule has 0 aromatic carbocycles. The Bertz CT molecular complexity index is 805. The van der Waals surface area contributed by atoms with E-state index in [9.17, 15) is 4.79 Å². The summed E-state index contributed by atoms with van der Waals surface area (Å²) in [5, 5.41) is 4.03. The van der Waals surface area contributed by atoms with Crippen LogP contribution in [-0.2, 0) is 20.1 Å². The normalized spacial score (nSPS) is 21.1. The maximum atomic E-state index is 13.4. The first-order valence-corrected chi connectivity index (χ1v) is 9.75. The van der Waals surface area contributed by atoms with E-state index in [0.717, 1.165) is 44.7 Å². The van der Waals surface area contributed by atoms with Gasteiger partial charge in [0, 0.05) is 38.2 Å². The Morgan fingerprint density at radius 1 is 1.46 bits per heavy atom. The summed E-state index contributed by atoms with van der Waals surface area (Å²) < 4.78 is 3.93. The third-order valence-corrected chi connectivity index (χ3v) is 6.23. The number of aromatic nitrogens is 3. The van der Waals surface area contributed by atoms with Gasteiger partial charge in [-0.1, -0.05) is 11.6 Å². The third-order valence-electron chi connectivity index (χ3n) is 6.03. The third kappa shape index (κ3) is 3.05. The Morgan fingerprint density at radius 2 is 2.23 bits per heavy atom. The summed E-state index contributed by atoms with van der Waals surface area (Å²) in [6.07, 6.45) is 8.94. The second kappa shape index (κ2) is 6.74. The van der Waals surface area contributed by atoms with Gasteiger partial charge in [-0.15, -0.1) is 0 Å². The fourth-order valence-electron chi connectivity index (χ4n) is 4.37. The number of carbonyl (C=O) groups is 1. The van der Waals surface area contributed by atoms with Crippen molar-refractivity contribution in [2.75, 3.05) is 13.1 Å². The zero-order chi connectivity index (χ0) is 18.3. The number of amides is 1. The molecule has 1 amide bonds. The minimum atomic E-state index is 0.0467. The van der Waals surface area contributed by atoms with Crippen molar-refractivity contribution in [2.45, 2.75) is 45.3 Å². The Labute approximate surface area is 159 Å². The van der Waals surface area contributed by atoms with Crippen molar-refractivity contribution < 1.29 is 4.79 Å². The Balaban J connectivity index is 1.63. The van der Waals surface area contributed by atoms with E-state index in [1.54, 1.807) is 12.3 Å². The van der Waals surface area contributed by atoms with Crippen molar-refractivity contribution in [3.05, 3.63) is 41.2 Å². The van der Waals surface area contributed by atoms with Crippen molar-refractivity contribution in [1.82, 2.24) is 24.3 Å². The first kappa shape index (κ1) is 17.6. The number of aryl methyl sites for hydroxylation is 2. The van der Waals surface area contributed by atoms with E-state index >= 15 is 0 Å². The van der Waals surface area contributed by atoms with Crippen LogP contribution in [0, 0.1) is 5.41 Å². The summed E-state index contributed by atoms with van der Waals surface area (Å²) >= 11 is 6.13. The van der Waals surface area contributed by atoms with Crippen LogP contribution in [0.15, 0.2) is 24.7 Å². The Kier molecular flexibility index (Phi) is 4.57. The van der Waals surface area contributed by atoms with Gasteiger partial charge in [0.1, 0.15) is 11.5 Å². The fourth-order valence-corrected chi connectivity index (χ4v) is 4.62. The van der Waals surface area contributed by atoms with Gasteiger partial charge in [-0.05, 0) is 50.8 Å². The number of hydrogen-bond acceptors (Lipinski definition) is 3. The molecule has 1 saturated carbocycles. The van der Waals surface area contributed by atoms with E-state index in [2.05, 4.69) is 21.8 Å². The molecular formula is C19H26ClN5O. The van der Waals surface area contributed by atoms with Gasteiger partial charge >= 0.3 is 0 Å². The molecule has 1 saturated heterocycles. The average Bonchev–Trinajstić information content (AvgIpc) is 2.97.